The Morgan fingerprint density at radius 1 is 1.57 bits per heavy atom. The number of hydrogen-bond acceptors (Lipinski definition) is 2. The normalized spacial score (nSPS) is 13.3. The molecule has 1 rings (SSSR count). The maximum atomic E-state index is 5.86. The number of amidine groups is 1. The Labute approximate surface area is 97.4 Å². The fourth-order valence-electron chi connectivity index (χ4n) is 0.832. The van der Waals surface area contributed by atoms with E-state index in [1.54, 1.807) is 11.3 Å². The smallest absolute Gasteiger partial charge is 0.0995 e. The highest BCUT2D eigenvalue weighted by atomic mass is 79.9. The van der Waals surface area contributed by atoms with Crippen LogP contribution in [-0.2, 0) is 6.54 Å². The molecule has 0 amide bonds. The molecule has 4 heteroatoms. The van der Waals surface area contributed by atoms with Crippen LogP contribution in [0.2, 0.25) is 0 Å². The van der Waals surface area contributed by atoms with Gasteiger partial charge in [-0.2, -0.15) is 0 Å². The van der Waals surface area contributed by atoms with Crippen molar-refractivity contribution < 1.29 is 0 Å². The van der Waals surface area contributed by atoms with Gasteiger partial charge < -0.3 is 5.73 Å². The highest BCUT2D eigenvalue weighted by molar-refractivity contribution is 9.10. The van der Waals surface area contributed by atoms with E-state index >= 15 is 0 Å². The first-order valence-corrected chi connectivity index (χ1v) is 6.11. The topological polar surface area (TPSA) is 38.4 Å². The van der Waals surface area contributed by atoms with Crippen molar-refractivity contribution in [2.24, 2.45) is 16.1 Å². The molecule has 0 aliphatic rings. The molecule has 0 unspecified atom stereocenters. The molecule has 1 aromatic rings. The lowest BCUT2D eigenvalue weighted by atomic mass is 9.95. The van der Waals surface area contributed by atoms with Gasteiger partial charge in [0.25, 0.3) is 0 Å². The fraction of sp³-hybridized carbons (Fsp3) is 0.500. The van der Waals surface area contributed by atoms with Crippen LogP contribution in [0.15, 0.2) is 20.9 Å². The van der Waals surface area contributed by atoms with Crippen LogP contribution in [0.3, 0.4) is 0 Å². The van der Waals surface area contributed by atoms with Gasteiger partial charge in [0, 0.05) is 14.8 Å². The predicted octanol–water partition coefficient (Wildman–Crippen LogP) is 3.41. The molecule has 0 aliphatic carbocycles. The van der Waals surface area contributed by atoms with Crippen molar-refractivity contribution in [2.45, 2.75) is 27.3 Å². The van der Waals surface area contributed by atoms with Gasteiger partial charge in [0.1, 0.15) is 0 Å². The van der Waals surface area contributed by atoms with Crippen molar-refractivity contribution in [1.29, 1.82) is 0 Å². The first-order chi connectivity index (χ1) is 6.41. The average molecular weight is 275 g/mol. The lowest BCUT2D eigenvalue weighted by Gasteiger charge is -2.17. The van der Waals surface area contributed by atoms with Crippen LogP contribution in [-0.4, -0.2) is 5.84 Å². The van der Waals surface area contributed by atoms with E-state index in [4.69, 9.17) is 5.73 Å². The molecule has 0 radical (unpaired) electrons. The maximum absolute atomic E-state index is 5.86. The van der Waals surface area contributed by atoms with Crippen LogP contribution in [0.1, 0.15) is 25.6 Å². The SMILES string of the molecule is CC(C)(C)C(N)=NCc1sccc1Br. The van der Waals surface area contributed by atoms with Gasteiger partial charge in [-0.1, -0.05) is 20.8 Å². The summed E-state index contributed by atoms with van der Waals surface area (Å²) in [5.74, 6) is 0.706. The lowest BCUT2D eigenvalue weighted by molar-refractivity contribution is 0.581. The third-order valence-corrected chi connectivity index (χ3v) is 3.76. The number of thiophene rings is 1. The zero-order valence-corrected chi connectivity index (χ0v) is 11.1. The Morgan fingerprint density at radius 2 is 2.21 bits per heavy atom. The summed E-state index contributed by atoms with van der Waals surface area (Å²) in [6, 6.07) is 2.03. The predicted molar refractivity (Wildman–Crippen MR) is 66.8 cm³/mol. The Bertz CT molecular complexity index is 336. The first-order valence-electron chi connectivity index (χ1n) is 4.43. The molecule has 2 nitrogen and oxygen atoms in total. The summed E-state index contributed by atoms with van der Waals surface area (Å²) in [7, 11) is 0. The Balaban J connectivity index is 2.69. The van der Waals surface area contributed by atoms with Gasteiger partial charge in [-0.25, -0.2) is 0 Å². The van der Waals surface area contributed by atoms with Crippen LogP contribution in [0.5, 0.6) is 0 Å². The number of nitrogens with zero attached hydrogens (tertiary/aromatic N) is 1. The summed E-state index contributed by atoms with van der Waals surface area (Å²) < 4.78 is 1.12. The molecular formula is C10H15BrN2S. The molecule has 78 valence electrons. The second-order valence-corrected chi connectivity index (χ2v) is 6.00. The second kappa shape index (κ2) is 4.45. The number of rotatable bonds is 2. The third kappa shape index (κ3) is 3.10. The van der Waals surface area contributed by atoms with Crippen LogP contribution in [0, 0.1) is 5.41 Å². The molecule has 1 heterocycles. The van der Waals surface area contributed by atoms with Gasteiger partial charge in [0.2, 0.25) is 0 Å². The minimum Gasteiger partial charge on any atom is -0.387 e. The van der Waals surface area contributed by atoms with Crippen molar-refractivity contribution in [3.05, 3.63) is 20.8 Å². The molecule has 0 aliphatic heterocycles. The third-order valence-electron chi connectivity index (χ3n) is 1.85. The van der Waals surface area contributed by atoms with E-state index in [1.165, 1.54) is 4.88 Å². The molecule has 0 spiro atoms. The minimum absolute atomic E-state index is 0.0380. The van der Waals surface area contributed by atoms with Gasteiger partial charge in [-0.15, -0.1) is 11.3 Å². The molecular weight excluding hydrogens is 260 g/mol. The van der Waals surface area contributed by atoms with Gasteiger partial charge in [0.15, 0.2) is 0 Å². The lowest BCUT2D eigenvalue weighted by Crippen LogP contribution is -2.28. The van der Waals surface area contributed by atoms with E-state index in [0.717, 1.165) is 4.47 Å². The Morgan fingerprint density at radius 3 is 2.64 bits per heavy atom. The number of aliphatic imine (C=N–C) groups is 1. The van der Waals surface area contributed by atoms with Crippen molar-refractivity contribution in [1.82, 2.24) is 0 Å². The summed E-state index contributed by atoms with van der Waals surface area (Å²) in [5.41, 5.74) is 5.82. The fourth-order valence-corrected chi connectivity index (χ4v) is 2.23. The van der Waals surface area contributed by atoms with E-state index in [2.05, 4.69) is 41.7 Å². The van der Waals surface area contributed by atoms with Crippen molar-refractivity contribution in [2.75, 3.05) is 0 Å². The van der Waals surface area contributed by atoms with Crippen LogP contribution in [0.4, 0.5) is 0 Å². The summed E-state index contributed by atoms with van der Waals surface area (Å²) in [4.78, 5) is 5.59. The monoisotopic (exact) mass is 274 g/mol. The maximum Gasteiger partial charge on any atom is 0.0995 e. The van der Waals surface area contributed by atoms with E-state index in [1.807, 2.05) is 11.4 Å². The van der Waals surface area contributed by atoms with Gasteiger partial charge in [0.05, 0.1) is 12.4 Å². The van der Waals surface area contributed by atoms with Crippen LogP contribution < -0.4 is 5.73 Å². The standard InChI is InChI=1S/C10H15BrN2S/c1-10(2,3)9(12)13-6-8-7(11)4-5-14-8/h4-5H,6H2,1-3H3,(H2,12,13). The molecule has 0 aromatic carbocycles. The number of hydrogen-bond donors (Lipinski definition) is 1. The highest BCUT2D eigenvalue weighted by Gasteiger charge is 2.15. The van der Waals surface area contributed by atoms with Gasteiger partial charge >= 0.3 is 0 Å². The van der Waals surface area contributed by atoms with Crippen molar-refractivity contribution >= 4 is 33.1 Å². The zero-order valence-electron chi connectivity index (χ0n) is 8.67. The minimum atomic E-state index is -0.0380. The number of nitrogens with two attached hydrogens (primary N) is 1. The molecule has 14 heavy (non-hydrogen) atoms. The molecule has 0 bridgehead atoms. The summed E-state index contributed by atoms with van der Waals surface area (Å²) >= 11 is 5.16. The summed E-state index contributed by atoms with van der Waals surface area (Å²) in [6.45, 7) is 6.86. The average Bonchev–Trinajstić information content (AvgIpc) is 2.45. The van der Waals surface area contributed by atoms with E-state index in [0.29, 0.717) is 12.4 Å². The quantitative estimate of drug-likeness (QED) is 0.652. The Hall–Kier alpha value is -0.350. The molecule has 0 saturated heterocycles. The summed E-state index contributed by atoms with van der Waals surface area (Å²) in [5, 5.41) is 2.04. The highest BCUT2D eigenvalue weighted by Crippen LogP contribution is 2.24. The van der Waals surface area contributed by atoms with Crippen LogP contribution in [0.25, 0.3) is 0 Å². The largest absolute Gasteiger partial charge is 0.387 e. The number of halogens is 1. The molecule has 0 saturated carbocycles. The first kappa shape index (κ1) is 11.7. The van der Waals surface area contributed by atoms with Gasteiger partial charge in [-0.3, -0.25) is 4.99 Å². The Kier molecular flexibility index (Phi) is 3.72. The molecule has 1 aromatic heterocycles. The van der Waals surface area contributed by atoms with E-state index < -0.39 is 0 Å². The van der Waals surface area contributed by atoms with Crippen molar-refractivity contribution in [3.63, 3.8) is 0 Å². The second-order valence-electron chi connectivity index (χ2n) is 4.14. The van der Waals surface area contributed by atoms with Gasteiger partial charge in [-0.05, 0) is 27.4 Å². The van der Waals surface area contributed by atoms with E-state index in [-0.39, 0.29) is 5.41 Å². The molecule has 0 fully saturated rings. The zero-order chi connectivity index (χ0) is 10.8. The summed E-state index contributed by atoms with van der Waals surface area (Å²) in [6.07, 6.45) is 0. The molecule has 0 atom stereocenters. The van der Waals surface area contributed by atoms with Crippen molar-refractivity contribution in [3.8, 4) is 0 Å². The molecule has 2 N–H and O–H groups in total. The van der Waals surface area contributed by atoms with Crippen LogP contribution >= 0.6 is 27.3 Å². The van der Waals surface area contributed by atoms with E-state index in [9.17, 15) is 0 Å².